The minimum Gasteiger partial charge on any atom is -0.463 e. The minimum absolute atomic E-state index is 0.0778. The Morgan fingerprint density at radius 3 is 3.05 bits per heavy atom. The maximum absolute atomic E-state index is 11.3. The second kappa shape index (κ2) is 4.55. The van der Waals surface area contributed by atoms with Crippen LogP contribution in [0, 0.1) is 0 Å². The highest BCUT2D eigenvalue weighted by Gasteiger charge is 2.29. The quantitative estimate of drug-likeness (QED) is 0.848. The fourth-order valence-electron chi connectivity index (χ4n) is 2.04. The number of hydrogen-bond donors (Lipinski definition) is 1. The van der Waals surface area contributed by atoms with Crippen molar-refractivity contribution in [3.8, 4) is 0 Å². The predicted molar refractivity (Wildman–Crippen MR) is 64.6 cm³/mol. The summed E-state index contributed by atoms with van der Waals surface area (Å²) in [4.78, 5) is 15.4. The van der Waals surface area contributed by atoms with Gasteiger partial charge in [0.1, 0.15) is 5.76 Å². The number of aromatic nitrogens is 2. The number of furan rings is 1. The van der Waals surface area contributed by atoms with Crippen molar-refractivity contribution in [3.63, 3.8) is 0 Å². The van der Waals surface area contributed by atoms with Gasteiger partial charge in [0.05, 0.1) is 25.3 Å². The average Bonchev–Trinajstić information content (AvgIpc) is 2.97. The van der Waals surface area contributed by atoms with E-state index in [0.29, 0.717) is 17.5 Å². The van der Waals surface area contributed by atoms with Crippen molar-refractivity contribution >= 4 is 5.97 Å². The molecule has 2 aromatic rings. The van der Waals surface area contributed by atoms with Crippen molar-refractivity contribution in [3.05, 3.63) is 41.9 Å². The number of rotatable bonds is 4. The summed E-state index contributed by atoms with van der Waals surface area (Å²) < 4.78 is 11.8. The summed E-state index contributed by atoms with van der Waals surface area (Å²) in [5.74, 6) is -0.175. The Morgan fingerprint density at radius 2 is 2.37 bits per heavy atom. The third kappa shape index (κ3) is 2.15. The van der Waals surface area contributed by atoms with Gasteiger partial charge in [0.15, 0.2) is 6.10 Å². The maximum atomic E-state index is 11.3. The lowest BCUT2D eigenvalue weighted by Crippen LogP contribution is -2.06. The lowest BCUT2D eigenvalue weighted by molar-refractivity contribution is 0.0557. The number of imidazole rings is 1. The van der Waals surface area contributed by atoms with E-state index >= 15 is 0 Å². The molecule has 2 heterocycles. The van der Waals surface area contributed by atoms with Crippen LogP contribution in [0.2, 0.25) is 0 Å². The van der Waals surface area contributed by atoms with Gasteiger partial charge in [-0.1, -0.05) is 0 Å². The monoisotopic (exact) mass is 262 g/mol. The molecule has 1 aliphatic rings. The van der Waals surface area contributed by atoms with Crippen molar-refractivity contribution < 1.29 is 19.1 Å². The van der Waals surface area contributed by atoms with Gasteiger partial charge < -0.3 is 18.8 Å². The van der Waals surface area contributed by atoms with E-state index in [1.54, 1.807) is 18.6 Å². The first kappa shape index (κ1) is 12.0. The smallest absolute Gasteiger partial charge is 0.373 e. The zero-order valence-corrected chi connectivity index (χ0v) is 10.4. The van der Waals surface area contributed by atoms with Crippen LogP contribution < -0.4 is 0 Å². The first-order valence-corrected chi connectivity index (χ1v) is 6.08. The van der Waals surface area contributed by atoms with Crippen LogP contribution >= 0.6 is 0 Å². The van der Waals surface area contributed by atoms with Gasteiger partial charge in [-0.15, -0.1) is 0 Å². The fourth-order valence-corrected chi connectivity index (χ4v) is 2.04. The molecule has 2 aromatic heterocycles. The zero-order chi connectivity index (χ0) is 13.4. The van der Waals surface area contributed by atoms with E-state index in [-0.39, 0.29) is 5.76 Å². The van der Waals surface area contributed by atoms with E-state index in [4.69, 9.17) is 4.42 Å². The van der Waals surface area contributed by atoms with Crippen LogP contribution in [-0.2, 0) is 4.74 Å². The van der Waals surface area contributed by atoms with E-state index in [9.17, 15) is 9.90 Å². The van der Waals surface area contributed by atoms with Crippen LogP contribution in [0.25, 0.3) is 0 Å². The summed E-state index contributed by atoms with van der Waals surface area (Å²) in [5.41, 5.74) is 0.674. The topological polar surface area (TPSA) is 77.5 Å². The van der Waals surface area contributed by atoms with Crippen molar-refractivity contribution in [1.82, 2.24) is 9.55 Å². The fraction of sp³-hybridized carbons (Fsp3) is 0.385. The van der Waals surface area contributed by atoms with Crippen molar-refractivity contribution in [2.24, 2.45) is 0 Å². The molecule has 100 valence electrons. The number of aliphatic hydroxyl groups is 1. The number of carbonyl (C=O) groups excluding carboxylic acids is 1. The predicted octanol–water partition coefficient (Wildman–Crippen LogP) is 1.68. The van der Waals surface area contributed by atoms with Gasteiger partial charge >= 0.3 is 5.97 Å². The molecule has 0 aromatic carbocycles. The molecule has 6 heteroatoms. The third-order valence-corrected chi connectivity index (χ3v) is 3.20. The van der Waals surface area contributed by atoms with Gasteiger partial charge in [-0.05, 0) is 25.0 Å². The lowest BCUT2D eigenvalue weighted by Gasteiger charge is -2.11. The molecule has 19 heavy (non-hydrogen) atoms. The first-order valence-electron chi connectivity index (χ1n) is 6.08. The van der Waals surface area contributed by atoms with Gasteiger partial charge in [-0.3, -0.25) is 0 Å². The van der Waals surface area contributed by atoms with E-state index in [1.807, 2.05) is 4.57 Å². The van der Waals surface area contributed by atoms with Crippen LogP contribution in [0.5, 0.6) is 0 Å². The van der Waals surface area contributed by atoms with E-state index in [2.05, 4.69) is 9.72 Å². The molecule has 1 fully saturated rings. The number of carbonyl (C=O) groups is 1. The normalized spacial score (nSPS) is 16.3. The summed E-state index contributed by atoms with van der Waals surface area (Å²) in [5, 5.41) is 10.3. The van der Waals surface area contributed by atoms with Crippen LogP contribution in [-0.4, -0.2) is 27.7 Å². The molecular weight excluding hydrogens is 248 g/mol. The summed E-state index contributed by atoms with van der Waals surface area (Å²) in [6, 6.07) is 3.48. The number of aliphatic hydroxyl groups excluding tert-OH is 1. The summed E-state index contributed by atoms with van der Waals surface area (Å²) >= 11 is 0. The lowest BCUT2D eigenvalue weighted by atomic mass is 10.2. The molecule has 0 amide bonds. The Hall–Kier alpha value is -2.08. The van der Waals surface area contributed by atoms with Gasteiger partial charge in [-0.25, -0.2) is 9.78 Å². The Labute approximate surface area is 109 Å². The standard InChI is InChI=1S/C13H14N2O4/c1-18-13(17)11-5-4-10(19-11)12(16)9-6-14-7-15(9)8-2-3-8/h4-8,12,16H,2-3H2,1H3. The summed E-state index contributed by atoms with van der Waals surface area (Å²) in [6.07, 6.45) is 4.59. The first-order chi connectivity index (χ1) is 9.20. The Morgan fingerprint density at radius 1 is 1.58 bits per heavy atom. The molecule has 0 aliphatic heterocycles. The molecule has 1 saturated carbocycles. The molecule has 1 atom stereocenters. The van der Waals surface area contributed by atoms with Crippen molar-refractivity contribution in [1.29, 1.82) is 0 Å². The molecule has 0 saturated heterocycles. The largest absolute Gasteiger partial charge is 0.463 e. The highest BCUT2D eigenvalue weighted by Crippen LogP contribution is 2.38. The van der Waals surface area contributed by atoms with Crippen molar-refractivity contribution in [2.45, 2.75) is 25.0 Å². The van der Waals surface area contributed by atoms with E-state index in [0.717, 1.165) is 12.8 Å². The van der Waals surface area contributed by atoms with Gasteiger partial charge in [0.2, 0.25) is 5.76 Å². The van der Waals surface area contributed by atoms with E-state index in [1.165, 1.54) is 13.2 Å². The van der Waals surface area contributed by atoms with Gasteiger partial charge in [-0.2, -0.15) is 0 Å². The Balaban J connectivity index is 1.86. The molecule has 6 nitrogen and oxygen atoms in total. The molecule has 1 aliphatic carbocycles. The van der Waals surface area contributed by atoms with Crippen LogP contribution in [0.15, 0.2) is 29.1 Å². The van der Waals surface area contributed by atoms with Crippen LogP contribution in [0.1, 0.15) is 47.0 Å². The zero-order valence-electron chi connectivity index (χ0n) is 10.4. The second-order valence-electron chi connectivity index (χ2n) is 4.55. The van der Waals surface area contributed by atoms with Crippen molar-refractivity contribution in [2.75, 3.05) is 7.11 Å². The van der Waals surface area contributed by atoms with Gasteiger partial charge in [0.25, 0.3) is 0 Å². The number of esters is 1. The Kier molecular flexibility index (Phi) is 2.87. The molecule has 0 spiro atoms. The molecule has 1 unspecified atom stereocenters. The molecule has 0 bridgehead atoms. The SMILES string of the molecule is COC(=O)c1ccc(C(O)c2cncn2C2CC2)o1. The number of nitrogens with zero attached hydrogens (tertiary/aromatic N) is 2. The molecule has 1 N–H and O–H groups in total. The van der Waals surface area contributed by atoms with Gasteiger partial charge in [0, 0.05) is 6.04 Å². The molecular formula is C13H14N2O4. The number of methoxy groups -OCH3 is 1. The highest BCUT2D eigenvalue weighted by molar-refractivity contribution is 5.86. The third-order valence-electron chi connectivity index (χ3n) is 3.20. The second-order valence-corrected chi connectivity index (χ2v) is 4.55. The molecule has 3 rings (SSSR count). The number of hydrogen-bond acceptors (Lipinski definition) is 5. The highest BCUT2D eigenvalue weighted by atomic mass is 16.5. The minimum atomic E-state index is -0.929. The number of ether oxygens (including phenoxy) is 1. The van der Waals surface area contributed by atoms with Crippen LogP contribution in [0.3, 0.4) is 0 Å². The molecule has 0 radical (unpaired) electrons. The summed E-state index contributed by atoms with van der Waals surface area (Å²) in [6.45, 7) is 0. The Bertz CT molecular complexity index is 597. The summed E-state index contributed by atoms with van der Waals surface area (Å²) in [7, 11) is 1.28. The average molecular weight is 262 g/mol. The van der Waals surface area contributed by atoms with Crippen LogP contribution in [0.4, 0.5) is 0 Å². The maximum Gasteiger partial charge on any atom is 0.373 e. The van der Waals surface area contributed by atoms with E-state index < -0.39 is 12.1 Å².